The second-order valence-electron chi connectivity index (χ2n) is 7.83. The number of rotatable bonds is 5. The van der Waals surface area contributed by atoms with E-state index in [1.807, 2.05) is 20.2 Å². The Labute approximate surface area is 170 Å². The van der Waals surface area contributed by atoms with Crippen molar-refractivity contribution in [3.05, 3.63) is 69.6 Å². The molecule has 5 nitrogen and oxygen atoms in total. The lowest BCUT2D eigenvalue weighted by molar-refractivity contribution is 0.0524. The molecular formula is C24H26N2O3. The number of aryl methyl sites for hydroxylation is 1. The predicted molar refractivity (Wildman–Crippen MR) is 116 cm³/mol. The molecule has 4 rings (SSSR count). The molecule has 1 aliphatic rings. The Morgan fingerprint density at radius 3 is 2.45 bits per heavy atom. The lowest BCUT2D eigenvalue weighted by atomic mass is 9.96. The number of esters is 1. The third kappa shape index (κ3) is 3.41. The smallest absolute Gasteiger partial charge is 0.343 e. The molecule has 1 fully saturated rings. The van der Waals surface area contributed by atoms with Crippen molar-refractivity contribution in [1.82, 2.24) is 4.40 Å². The normalized spacial score (nSPS) is 13.5. The van der Waals surface area contributed by atoms with E-state index in [0.717, 1.165) is 46.3 Å². The largest absolute Gasteiger partial charge is 0.462 e. The molecule has 150 valence electrons. The fourth-order valence-corrected chi connectivity index (χ4v) is 3.91. The van der Waals surface area contributed by atoms with Crippen molar-refractivity contribution in [2.75, 3.05) is 25.6 Å². The van der Waals surface area contributed by atoms with E-state index >= 15 is 0 Å². The molecule has 0 saturated heterocycles. The van der Waals surface area contributed by atoms with E-state index in [0.29, 0.717) is 5.92 Å². The van der Waals surface area contributed by atoms with Gasteiger partial charge in [-0.1, -0.05) is 12.1 Å². The maximum Gasteiger partial charge on any atom is 0.343 e. The molecule has 0 spiro atoms. The quantitative estimate of drug-likeness (QED) is 0.606. The summed E-state index contributed by atoms with van der Waals surface area (Å²) < 4.78 is 6.73. The van der Waals surface area contributed by atoms with Crippen molar-refractivity contribution >= 4 is 17.2 Å². The molecule has 2 heterocycles. The summed E-state index contributed by atoms with van der Waals surface area (Å²) >= 11 is 0. The molecule has 1 saturated carbocycles. The van der Waals surface area contributed by atoms with Gasteiger partial charge in [-0.2, -0.15) is 0 Å². The number of fused-ring (bicyclic) bond motifs is 1. The number of nitrogens with zero attached hydrogens (tertiary/aromatic N) is 2. The number of aromatic nitrogens is 1. The number of anilines is 1. The standard InChI is InChI=1S/C24H26N2O3/c1-5-29-24(28)21-14-20(17-6-7-17)22-15(2)19(12-13-26(22)23(21)27)16-8-10-18(11-9-16)25(3)4/h8-14,17H,5-7H2,1-4H3. The number of ether oxygens (including phenoxy) is 1. The highest BCUT2D eigenvalue weighted by Crippen LogP contribution is 2.43. The number of hydrogen-bond donors (Lipinski definition) is 0. The Morgan fingerprint density at radius 1 is 1.17 bits per heavy atom. The fraction of sp³-hybridized carbons (Fsp3) is 0.333. The molecule has 1 aliphatic carbocycles. The summed E-state index contributed by atoms with van der Waals surface area (Å²) in [7, 11) is 4.04. The molecule has 0 atom stereocenters. The van der Waals surface area contributed by atoms with Gasteiger partial charge in [0.15, 0.2) is 0 Å². The fourth-order valence-electron chi connectivity index (χ4n) is 3.91. The maximum absolute atomic E-state index is 13.0. The molecular weight excluding hydrogens is 364 g/mol. The van der Waals surface area contributed by atoms with Crippen molar-refractivity contribution in [3.63, 3.8) is 0 Å². The number of benzene rings is 1. The zero-order valence-corrected chi connectivity index (χ0v) is 17.4. The zero-order chi connectivity index (χ0) is 20.7. The first-order valence-electron chi connectivity index (χ1n) is 10.1. The Kier molecular flexibility index (Phi) is 4.91. The van der Waals surface area contributed by atoms with Crippen molar-refractivity contribution in [2.45, 2.75) is 32.6 Å². The Balaban J connectivity index is 1.92. The van der Waals surface area contributed by atoms with Crippen molar-refractivity contribution in [2.24, 2.45) is 0 Å². The topological polar surface area (TPSA) is 51.0 Å². The summed E-state index contributed by atoms with van der Waals surface area (Å²) in [6.07, 6.45) is 3.95. The highest BCUT2D eigenvalue weighted by molar-refractivity contribution is 5.91. The van der Waals surface area contributed by atoms with Crippen LogP contribution in [-0.2, 0) is 4.74 Å². The van der Waals surface area contributed by atoms with E-state index < -0.39 is 5.97 Å². The van der Waals surface area contributed by atoms with Gasteiger partial charge in [-0.05, 0) is 79.1 Å². The zero-order valence-electron chi connectivity index (χ0n) is 17.4. The molecule has 0 radical (unpaired) electrons. The van der Waals surface area contributed by atoms with E-state index in [-0.39, 0.29) is 17.7 Å². The van der Waals surface area contributed by atoms with E-state index in [1.165, 1.54) is 0 Å². The Bertz CT molecular complexity index is 1140. The molecule has 29 heavy (non-hydrogen) atoms. The molecule has 1 aromatic carbocycles. The first kappa shape index (κ1) is 19.2. The first-order chi connectivity index (χ1) is 13.9. The summed E-state index contributed by atoms with van der Waals surface area (Å²) in [5.41, 5.74) is 6.19. The molecule has 2 aromatic heterocycles. The molecule has 0 amide bonds. The molecule has 0 N–H and O–H groups in total. The van der Waals surface area contributed by atoms with Gasteiger partial charge >= 0.3 is 5.97 Å². The lowest BCUT2D eigenvalue weighted by Gasteiger charge is -2.17. The highest BCUT2D eigenvalue weighted by Gasteiger charge is 2.29. The molecule has 3 aromatic rings. The molecule has 0 bridgehead atoms. The summed E-state index contributed by atoms with van der Waals surface area (Å²) in [6.45, 7) is 4.05. The van der Waals surface area contributed by atoms with Crippen molar-refractivity contribution in [3.8, 4) is 11.1 Å². The summed E-state index contributed by atoms with van der Waals surface area (Å²) in [5, 5.41) is 0. The SMILES string of the molecule is CCOC(=O)c1cc(C2CC2)c2c(C)c(-c3ccc(N(C)C)cc3)ccn2c1=O. The molecule has 0 unspecified atom stereocenters. The van der Waals surface area contributed by atoms with Crippen LogP contribution in [0.15, 0.2) is 47.4 Å². The number of carbonyl (C=O) groups excluding carboxylic acids is 1. The van der Waals surface area contributed by atoms with Gasteiger partial charge in [-0.25, -0.2) is 4.79 Å². The summed E-state index contributed by atoms with van der Waals surface area (Å²) in [4.78, 5) is 27.4. The van der Waals surface area contributed by atoms with Gasteiger partial charge in [0.05, 0.1) is 12.1 Å². The van der Waals surface area contributed by atoms with Gasteiger partial charge < -0.3 is 9.64 Å². The van der Waals surface area contributed by atoms with Crippen LogP contribution in [0.5, 0.6) is 0 Å². The summed E-state index contributed by atoms with van der Waals surface area (Å²) in [5.74, 6) is -0.154. The second-order valence-corrected chi connectivity index (χ2v) is 7.83. The van der Waals surface area contributed by atoms with Gasteiger partial charge in [0.25, 0.3) is 5.56 Å². The van der Waals surface area contributed by atoms with E-state index in [9.17, 15) is 9.59 Å². The van der Waals surface area contributed by atoms with Crippen LogP contribution in [0.25, 0.3) is 16.6 Å². The molecule has 5 heteroatoms. The second kappa shape index (κ2) is 7.39. The minimum Gasteiger partial charge on any atom is -0.462 e. The molecule has 0 aliphatic heterocycles. The van der Waals surface area contributed by atoms with E-state index in [4.69, 9.17) is 4.74 Å². The maximum atomic E-state index is 13.0. The van der Waals surface area contributed by atoms with E-state index in [2.05, 4.69) is 36.1 Å². The Hall–Kier alpha value is -3.08. The number of carbonyl (C=O) groups is 1. The van der Waals surface area contributed by atoms with Crippen molar-refractivity contribution < 1.29 is 9.53 Å². The number of hydrogen-bond acceptors (Lipinski definition) is 4. The first-order valence-corrected chi connectivity index (χ1v) is 10.1. The van der Waals surface area contributed by atoms with E-state index in [1.54, 1.807) is 23.6 Å². The van der Waals surface area contributed by atoms with Crippen LogP contribution in [0.4, 0.5) is 5.69 Å². The third-order valence-electron chi connectivity index (χ3n) is 5.62. The Morgan fingerprint density at radius 2 is 1.86 bits per heavy atom. The average Bonchev–Trinajstić information content (AvgIpc) is 3.54. The van der Waals surface area contributed by atoms with Gasteiger partial charge in [-0.3, -0.25) is 9.20 Å². The van der Waals surface area contributed by atoms with Crippen LogP contribution in [0.2, 0.25) is 0 Å². The average molecular weight is 390 g/mol. The predicted octanol–water partition coefficient (Wildman–Crippen LogP) is 4.40. The van der Waals surface area contributed by atoms with Gasteiger partial charge in [0, 0.05) is 26.0 Å². The van der Waals surface area contributed by atoms with Crippen LogP contribution in [0.3, 0.4) is 0 Å². The van der Waals surface area contributed by atoms with Crippen LogP contribution >= 0.6 is 0 Å². The van der Waals surface area contributed by atoms with Crippen molar-refractivity contribution in [1.29, 1.82) is 0 Å². The van der Waals surface area contributed by atoms with Gasteiger partial charge in [-0.15, -0.1) is 0 Å². The third-order valence-corrected chi connectivity index (χ3v) is 5.62. The van der Waals surface area contributed by atoms with Crippen LogP contribution in [-0.4, -0.2) is 31.1 Å². The van der Waals surface area contributed by atoms with Crippen LogP contribution in [0, 0.1) is 6.92 Å². The summed E-state index contributed by atoms with van der Waals surface area (Å²) in [6, 6.07) is 12.1. The van der Waals surface area contributed by atoms with Gasteiger partial charge in [0.1, 0.15) is 5.56 Å². The monoisotopic (exact) mass is 390 g/mol. The van der Waals surface area contributed by atoms with Crippen LogP contribution in [0.1, 0.15) is 47.2 Å². The van der Waals surface area contributed by atoms with Gasteiger partial charge in [0.2, 0.25) is 0 Å². The lowest BCUT2D eigenvalue weighted by Crippen LogP contribution is -2.25. The highest BCUT2D eigenvalue weighted by atomic mass is 16.5. The van der Waals surface area contributed by atoms with Crippen LogP contribution < -0.4 is 10.5 Å². The minimum atomic E-state index is -0.546. The number of pyridine rings is 2. The minimum absolute atomic E-state index is 0.119.